The minimum Gasteiger partial charge on any atom is -0.380 e. The first-order valence-corrected chi connectivity index (χ1v) is 9.68. The molecule has 2 heterocycles. The van der Waals surface area contributed by atoms with E-state index in [9.17, 15) is 13.9 Å². The third-order valence-electron chi connectivity index (χ3n) is 5.46. The van der Waals surface area contributed by atoms with E-state index < -0.39 is 17.7 Å². The highest BCUT2D eigenvalue weighted by Crippen LogP contribution is 2.30. The first-order valence-electron chi connectivity index (χ1n) is 9.68. The summed E-state index contributed by atoms with van der Waals surface area (Å²) in [5.74, 6) is -0.460. The van der Waals surface area contributed by atoms with Crippen LogP contribution in [0.2, 0.25) is 0 Å². The Kier molecular flexibility index (Phi) is 5.60. The maximum atomic E-state index is 13.9. The second-order valence-electron chi connectivity index (χ2n) is 7.36. The van der Waals surface area contributed by atoms with E-state index in [0.717, 1.165) is 43.5 Å². The van der Waals surface area contributed by atoms with Crippen molar-refractivity contribution in [3.05, 3.63) is 83.4 Å². The van der Waals surface area contributed by atoms with Crippen molar-refractivity contribution in [3.8, 4) is 0 Å². The number of imidazole rings is 1. The number of aromatic nitrogens is 2. The summed E-state index contributed by atoms with van der Waals surface area (Å²) in [7, 11) is 1.86. The minimum atomic E-state index is -0.808. The van der Waals surface area contributed by atoms with Crippen molar-refractivity contribution in [3.63, 3.8) is 0 Å². The van der Waals surface area contributed by atoms with Gasteiger partial charge >= 0.3 is 0 Å². The molecule has 2 aromatic carbocycles. The Balaban J connectivity index is 1.46. The van der Waals surface area contributed by atoms with E-state index in [2.05, 4.69) is 14.8 Å². The van der Waals surface area contributed by atoms with Crippen LogP contribution in [0.4, 0.5) is 14.5 Å². The number of aliphatic hydroxyl groups excluding tert-OH is 1. The van der Waals surface area contributed by atoms with Gasteiger partial charge in [0.1, 0.15) is 23.6 Å². The van der Waals surface area contributed by atoms with Crippen molar-refractivity contribution in [1.82, 2.24) is 14.5 Å². The number of benzene rings is 2. The van der Waals surface area contributed by atoms with E-state index in [-0.39, 0.29) is 0 Å². The van der Waals surface area contributed by atoms with Crippen molar-refractivity contribution < 1.29 is 13.9 Å². The molecular formula is C22H24F2N4O. The molecule has 5 nitrogen and oxygen atoms in total. The molecule has 1 atom stereocenters. The van der Waals surface area contributed by atoms with E-state index in [1.165, 1.54) is 12.1 Å². The molecule has 0 spiro atoms. The molecule has 0 radical (unpaired) electrons. The van der Waals surface area contributed by atoms with Crippen molar-refractivity contribution in [2.24, 2.45) is 7.05 Å². The molecule has 1 saturated heterocycles. The van der Waals surface area contributed by atoms with Crippen molar-refractivity contribution in [2.75, 3.05) is 31.1 Å². The summed E-state index contributed by atoms with van der Waals surface area (Å²) in [6.07, 6.45) is 2.68. The highest BCUT2D eigenvalue weighted by atomic mass is 19.1. The number of piperazine rings is 1. The van der Waals surface area contributed by atoms with Gasteiger partial charge in [0.05, 0.1) is 0 Å². The molecule has 0 amide bonds. The predicted molar refractivity (Wildman–Crippen MR) is 108 cm³/mol. The summed E-state index contributed by atoms with van der Waals surface area (Å²) >= 11 is 0. The van der Waals surface area contributed by atoms with Gasteiger partial charge in [-0.25, -0.2) is 13.8 Å². The van der Waals surface area contributed by atoms with Crippen LogP contribution in [-0.2, 0) is 13.6 Å². The van der Waals surface area contributed by atoms with Crippen LogP contribution in [0.25, 0.3) is 0 Å². The topological polar surface area (TPSA) is 44.5 Å². The maximum absolute atomic E-state index is 13.9. The predicted octanol–water partition coefficient (Wildman–Crippen LogP) is 3.10. The smallest absolute Gasteiger partial charge is 0.142 e. The van der Waals surface area contributed by atoms with Crippen LogP contribution in [0, 0.1) is 11.6 Å². The fourth-order valence-electron chi connectivity index (χ4n) is 3.82. The maximum Gasteiger partial charge on any atom is 0.142 e. The van der Waals surface area contributed by atoms with Crippen LogP contribution in [-0.4, -0.2) is 45.7 Å². The van der Waals surface area contributed by atoms with Gasteiger partial charge in [-0.05, 0) is 12.1 Å². The summed E-state index contributed by atoms with van der Waals surface area (Å²) < 4.78 is 28.9. The SMILES string of the molecule is Cn1ccnc1[C@H](O)c1ccccc1N1CCN(Cc2ccc(F)cc2F)CC1. The molecule has 3 aromatic rings. The van der Waals surface area contributed by atoms with Gasteiger partial charge in [0.25, 0.3) is 0 Å². The number of nitrogens with zero attached hydrogens (tertiary/aromatic N) is 4. The van der Waals surface area contributed by atoms with Gasteiger partial charge in [0.2, 0.25) is 0 Å². The Morgan fingerprint density at radius 2 is 1.83 bits per heavy atom. The summed E-state index contributed by atoms with van der Waals surface area (Å²) in [6.45, 7) is 3.48. The third-order valence-corrected chi connectivity index (χ3v) is 5.46. The first kappa shape index (κ1) is 19.5. The molecule has 0 unspecified atom stereocenters. The molecular weight excluding hydrogens is 374 g/mol. The van der Waals surface area contributed by atoms with Crippen LogP contribution in [0.5, 0.6) is 0 Å². The third kappa shape index (κ3) is 4.16. The van der Waals surface area contributed by atoms with Crippen LogP contribution < -0.4 is 4.90 Å². The zero-order chi connectivity index (χ0) is 20.4. The number of halogens is 2. The number of hydrogen-bond donors (Lipinski definition) is 1. The molecule has 1 aromatic heterocycles. The lowest BCUT2D eigenvalue weighted by Crippen LogP contribution is -2.46. The standard InChI is InChI=1S/C22H24F2N4O/c1-26-9-8-25-22(26)21(29)18-4-2-3-5-20(18)28-12-10-27(11-13-28)15-16-6-7-17(23)14-19(16)24/h2-9,14,21,29H,10-13,15H2,1H3/t21-/m1/s1. The molecule has 152 valence electrons. The summed E-state index contributed by atoms with van der Waals surface area (Å²) in [5, 5.41) is 10.9. The lowest BCUT2D eigenvalue weighted by Gasteiger charge is -2.37. The van der Waals surface area contributed by atoms with Gasteiger partial charge in [-0.15, -0.1) is 0 Å². The number of para-hydroxylation sites is 1. The average Bonchev–Trinajstić information content (AvgIpc) is 3.16. The molecule has 0 bridgehead atoms. The van der Waals surface area contributed by atoms with Crippen LogP contribution >= 0.6 is 0 Å². The molecule has 29 heavy (non-hydrogen) atoms. The molecule has 1 aliphatic rings. The number of anilines is 1. The van der Waals surface area contributed by atoms with Crippen molar-refractivity contribution in [2.45, 2.75) is 12.6 Å². The van der Waals surface area contributed by atoms with E-state index in [1.54, 1.807) is 6.20 Å². The molecule has 1 N–H and O–H groups in total. The average molecular weight is 398 g/mol. The lowest BCUT2D eigenvalue weighted by atomic mass is 10.0. The summed E-state index contributed by atoms with van der Waals surface area (Å²) in [6, 6.07) is 11.6. The van der Waals surface area contributed by atoms with Gasteiger partial charge in [-0.1, -0.05) is 24.3 Å². The second-order valence-corrected chi connectivity index (χ2v) is 7.36. The van der Waals surface area contributed by atoms with Gasteiger partial charge in [0.15, 0.2) is 0 Å². The normalized spacial score (nSPS) is 16.2. The largest absolute Gasteiger partial charge is 0.380 e. The Labute approximate surface area is 168 Å². The van der Waals surface area contributed by atoms with Gasteiger partial charge in [-0.3, -0.25) is 4.90 Å². The van der Waals surface area contributed by atoms with Crippen LogP contribution in [0.3, 0.4) is 0 Å². The molecule has 1 aliphatic heterocycles. The molecule has 7 heteroatoms. The summed E-state index contributed by atoms with van der Waals surface area (Å²) in [4.78, 5) is 8.67. The number of aliphatic hydroxyl groups is 1. The number of hydrogen-bond acceptors (Lipinski definition) is 4. The minimum absolute atomic E-state index is 0.456. The van der Waals surface area contributed by atoms with Gasteiger partial charge in [0, 0.05) is 75.0 Å². The van der Waals surface area contributed by atoms with E-state index in [4.69, 9.17) is 0 Å². The lowest BCUT2D eigenvalue weighted by molar-refractivity contribution is 0.205. The highest BCUT2D eigenvalue weighted by molar-refractivity contribution is 5.56. The van der Waals surface area contributed by atoms with E-state index in [0.29, 0.717) is 17.9 Å². The Hall–Kier alpha value is -2.77. The number of rotatable bonds is 5. The number of aryl methyl sites for hydroxylation is 1. The highest BCUT2D eigenvalue weighted by Gasteiger charge is 2.24. The molecule has 1 fully saturated rings. The van der Waals surface area contributed by atoms with Gasteiger partial charge in [-0.2, -0.15) is 0 Å². The second kappa shape index (κ2) is 8.31. The van der Waals surface area contributed by atoms with Gasteiger partial charge < -0.3 is 14.6 Å². The van der Waals surface area contributed by atoms with E-state index >= 15 is 0 Å². The zero-order valence-corrected chi connectivity index (χ0v) is 16.3. The van der Waals surface area contributed by atoms with Crippen molar-refractivity contribution in [1.29, 1.82) is 0 Å². The summed E-state index contributed by atoms with van der Waals surface area (Å²) in [5.41, 5.74) is 2.31. The molecule has 0 aliphatic carbocycles. The molecule has 4 rings (SSSR count). The Morgan fingerprint density at radius 1 is 1.07 bits per heavy atom. The first-order chi connectivity index (χ1) is 14.0. The van der Waals surface area contributed by atoms with Crippen LogP contribution in [0.1, 0.15) is 23.1 Å². The Bertz CT molecular complexity index is 982. The quantitative estimate of drug-likeness (QED) is 0.717. The fourth-order valence-corrected chi connectivity index (χ4v) is 3.82. The molecule has 0 saturated carbocycles. The van der Waals surface area contributed by atoms with Crippen molar-refractivity contribution >= 4 is 5.69 Å². The van der Waals surface area contributed by atoms with Crippen LogP contribution in [0.15, 0.2) is 54.9 Å². The fraction of sp³-hybridized carbons (Fsp3) is 0.318. The monoisotopic (exact) mass is 398 g/mol. The zero-order valence-electron chi connectivity index (χ0n) is 16.3. The van der Waals surface area contributed by atoms with E-state index in [1.807, 2.05) is 42.1 Å². The Morgan fingerprint density at radius 3 is 2.52 bits per heavy atom.